The van der Waals surface area contributed by atoms with Crippen molar-refractivity contribution in [3.05, 3.63) is 0 Å². The van der Waals surface area contributed by atoms with Crippen LogP contribution in [-0.2, 0) is 0 Å². The Morgan fingerprint density at radius 2 is 2.38 bits per heavy atom. The molecule has 2 unspecified atom stereocenters. The third-order valence-electron chi connectivity index (χ3n) is 3.43. The van der Waals surface area contributed by atoms with E-state index in [9.17, 15) is 0 Å². The molecule has 0 saturated carbocycles. The minimum absolute atomic E-state index is 0.0542. The molecule has 0 aromatic rings. The van der Waals surface area contributed by atoms with Gasteiger partial charge in [-0.2, -0.15) is 5.26 Å². The second-order valence-electron chi connectivity index (χ2n) is 4.62. The van der Waals surface area contributed by atoms with Crippen LogP contribution in [0.4, 0.5) is 0 Å². The van der Waals surface area contributed by atoms with Crippen molar-refractivity contribution in [1.82, 2.24) is 15.1 Å². The minimum atomic E-state index is -0.0542. The number of hydrogen-bond donors (Lipinski definition) is 1. The van der Waals surface area contributed by atoms with E-state index in [1.54, 1.807) is 0 Å². The summed E-state index contributed by atoms with van der Waals surface area (Å²) in [4.78, 5) is 4.81. The van der Waals surface area contributed by atoms with Crippen molar-refractivity contribution in [2.45, 2.75) is 31.8 Å². The summed E-state index contributed by atoms with van der Waals surface area (Å²) in [6.07, 6.45) is 2.62. The molecule has 1 N–H and O–H groups in total. The fourth-order valence-corrected chi connectivity index (χ4v) is 2.46. The monoisotopic (exact) mass is 224 g/mol. The van der Waals surface area contributed by atoms with Gasteiger partial charge in [0.15, 0.2) is 0 Å². The van der Waals surface area contributed by atoms with Crippen molar-refractivity contribution in [3.63, 3.8) is 0 Å². The predicted octanol–water partition coefficient (Wildman–Crippen LogP) is 0.514. The van der Waals surface area contributed by atoms with Crippen LogP contribution in [0.3, 0.4) is 0 Å². The Hall–Kier alpha value is -0.630. The molecule has 0 radical (unpaired) electrons. The van der Waals surface area contributed by atoms with E-state index in [1.807, 2.05) is 7.05 Å². The largest absolute Gasteiger partial charge is 0.304 e. The van der Waals surface area contributed by atoms with Gasteiger partial charge in [-0.15, -0.1) is 0 Å². The van der Waals surface area contributed by atoms with E-state index in [0.717, 1.165) is 19.6 Å². The second kappa shape index (κ2) is 6.85. The maximum Gasteiger partial charge on any atom is 0.108 e. The van der Waals surface area contributed by atoms with E-state index >= 15 is 0 Å². The number of nitrogens with one attached hydrogen (secondary N) is 1. The first kappa shape index (κ1) is 13.4. The molecular formula is C12H24N4. The molecule has 0 spiro atoms. The topological polar surface area (TPSA) is 42.3 Å². The highest BCUT2D eigenvalue weighted by molar-refractivity contribution is 4.91. The highest BCUT2D eigenvalue weighted by atomic mass is 15.2. The van der Waals surface area contributed by atoms with Crippen molar-refractivity contribution in [2.75, 3.05) is 40.3 Å². The Kier molecular flexibility index (Phi) is 5.75. The molecule has 0 aromatic carbocycles. The van der Waals surface area contributed by atoms with E-state index in [2.05, 4.69) is 35.2 Å². The summed E-state index contributed by atoms with van der Waals surface area (Å²) in [6, 6.07) is 2.90. The Morgan fingerprint density at radius 1 is 1.62 bits per heavy atom. The average molecular weight is 224 g/mol. The molecule has 1 saturated heterocycles. The maximum atomic E-state index is 8.88. The molecule has 0 bridgehead atoms. The maximum absolute atomic E-state index is 8.88. The van der Waals surface area contributed by atoms with Gasteiger partial charge in [0.1, 0.15) is 6.04 Å². The SMILES string of the molecule is CCN1CCCC1CN(C)CC(C#N)NC. The Bertz CT molecular complexity index is 236. The molecule has 1 heterocycles. The summed E-state index contributed by atoms with van der Waals surface area (Å²) in [6.45, 7) is 6.49. The molecule has 1 fully saturated rings. The van der Waals surface area contributed by atoms with Gasteiger partial charge in [-0.3, -0.25) is 4.90 Å². The molecule has 0 aliphatic carbocycles. The van der Waals surface area contributed by atoms with Gasteiger partial charge in [0.25, 0.3) is 0 Å². The second-order valence-corrected chi connectivity index (χ2v) is 4.62. The molecule has 92 valence electrons. The summed E-state index contributed by atoms with van der Waals surface area (Å²) >= 11 is 0. The van der Waals surface area contributed by atoms with Crippen LogP contribution in [0.1, 0.15) is 19.8 Å². The smallest absolute Gasteiger partial charge is 0.108 e. The van der Waals surface area contributed by atoms with Gasteiger partial charge in [0.2, 0.25) is 0 Å². The molecule has 2 atom stereocenters. The zero-order chi connectivity index (χ0) is 12.0. The third-order valence-corrected chi connectivity index (χ3v) is 3.43. The highest BCUT2D eigenvalue weighted by Crippen LogP contribution is 2.17. The fourth-order valence-electron chi connectivity index (χ4n) is 2.46. The zero-order valence-corrected chi connectivity index (χ0v) is 10.7. The normalized spacial score (nSPS) is 23.6. The summed E-state index contributed by atoms with van der Waals surface area (Å²) in [5, 5.41) is 11.9. The van der Waals surface area contributed by atoms with Crippen LogP contribution in [0, 0.1) is 11.3 Å². The number of likely N-dealkylation sites (tertiary alicyclic amines) is 1. The minimum Gasteiger partial charge on any atom is -0.304 e. The highest BCUT2D eigenvalue weighted by Gasteiger charge is 2.24. The first-order valence-corrected chi connectivity index (χ1v) is 6.20. The number of hydrogen-bond acceptors (Lipinski definition) is 4. The summed E-state index contributed by atoms with van der Waals surface area (Å²) in [5.74, 6) is 0. The number of nitriles is 1. The lowest BCUT2D eigenvalue weighted by Crippen LogP contribution is -2.43. The van der Waals surface area contributed by atoms with Crippen LogP contribution in [0.5, 0.6) is 0 Å². The number of nitrogens with zero attached hydrogens (tertiary/aromatic N) is 3. The van der Waals surface area contributed by atoms with Crippen molar-refractivity contribution >= 4 is 0 Å². The van der Waals surface area contributed by atoms with Gasteiger partial charge < -0.3 is 10.2 Å². The Balaban J connectivity index is 2.33. The summed E-state index contributed by atoms with van der Waals surface area (Å²) in [7, 11) is 3.95. The molecule has 0 amide bonds. The average Bonchev–Trinajstić information content (AvgIpc) is 2.73. The number of likely N-dealkylation sites (N-methyl/N-ethyl adjacent to an activating group) is 3. The standard InChI is InChI=1S/C12H24N4/c1-4-16-7-5-6-12(16)10-15(3)9-11(8-13)14-2/h11-12,14H,4-7,9-10H2,1-3H3. The van der Waals surface area contributed by atoms with Crippen LogP contribution in [0.2, 0.25) is 0 Å². The first-order chi connectivity index (χ1) is 7.71. The summed E-state index contributed by atoms with van der Waals surface area (Å²) in [5.41, 5.74) is 0. The van der Waals surface area contributed by atoms with Crippen LogP contribution in [0.25, 0.3) is 0 Å². The quantitative estimate of drug-likeness (QED) is 0.714. The van der Waals surface area contributed by atoms with Gasteiger partial charge >= 0.3 is 0 Å². The van der Waals surface area contributed by atoms with Crippen LogP contribution < -0.4 is 5.32 Å². The molecule has 0 aromatic heterocycles. The molecular weight excluding hydrogens is 200 g/mol. The first-order valence-electron chi connectivity index (χ1n) is 6.20. The predicted molar refractivity (Wildman–Crippen MR) is 66.2 cm³/mol. The van der Waals surface area contributed by atoms with E-state index in [0.29, 0.717) is 6.04 Å². The van der Waals surface area contributed by atoms with E-state index in [1.165, 1.54) is 19.4 Å². The fraction of sp³-hybridized carbons (Fsp3) is 0.917. The zero-order valence-electron chi connectivity index (χ0n) is 10.7. The van der Waals surface area contributed by atoms with Gasteiger partial charge in [-0.1, -0.05) is 6.92 Å². The third kappa shape index (κ3) is 3.75. The Morgan fingerprint density at radius 3 is 2.94 bits per heavy atom. The van der Waals surface area contributed by atoms with E-state index < -0.39 is 0 Å². The van der Waals surface area contributed by atoms with E-state index in [-0.39, 0.29) is 6.04 Å². The van der Waals surface area contributed by atoms with Gasteiger partial charge in [0, 0.05) is 19.1 Å². The van der Waals surface area contributed by atoms with Crippen LogP contribution in [0.15, 0.2) is 0 Å². The summed E-state index contributed by atoms with van der Waals surface area (Å²) < 4.78 is 0. The lowest BCUT2D eigenvalue weighted by atomic mass is 10.2. The molecule has 4 nitrogen and oxygen atoms in total. The molecule has 16 heavy (non-hydrogen) atoms. The van der Waals surface area contributed by atoms with Gasteiger partial charge in [-0.05, 0) is 40.0 Å². The van der Waals surface area contributed by atoms with Gasteiger partial charge in [0.05, 0.1) is 6.07 Å². The van der Waals surface area contributed by atoms with Crippen molar-refractivity contribution in [3.8, 4) is 6.07 Å². The van der Waals surface area contributed by atoms with Gasteiger partial charge in [-0.25, -0.2) is 0 Å². The molecule has 4 heteroatoms. The van der Waals surface area contributed by atoms with Crippen LogP contribution in [-0.4, -0.2) is 62.2 Å². The number of rotatable bonds is 6. The molecule has 1 aliphatic rings. The lowest BCUT2D eigenvalue weighted by molar-refractivity contribution is 0.194. The van der Waals surface area contributed by atoms with Crippen molar-refractivity contribution in [1.29, 1.82) is 5.26 Å². The van der Waals surface area contributed by atoms with Crippen molar-refractivity contribution in [2.24, 2.45) is 0 Å². The lowest BCUT2D eigenvalue weighted by Gasteiger charge is -2.28. The molecule has 1 rings (SSSR count). The molecule has 1 aliphatic heterocycles. The van der Waals surface area contributed by atoms with E-state index in [4.69, 9.17) is 5.26 Å². The van der Waals surface area contributed by atoms with Crippen LogP contribution >= 0.6 is 0 Å². The Labute approximate surface area is 99.2 Å². The van der Waals surface area contributed by atoms with Crippen molar-refractivity contribution < 1.29 is 0 Å².